The molecule has 0 fully saturated rings. The van der Waals surface area contributed by atoms with Crippen molar-refractivity contribution in [3.63, 3.8) is 0 Å². The Balaban J connectivity index is -0.000000727. The molecule has 0 aliphatic carbocycles. The Morgan fingerprint density at radius 1 is 0.674 bits per heavy atom. The number of nitrogens with zero attached hydrogens (tertiary/aromatic N) is 3. The summed E-state index contributed by atoms with van der Waals surface area (Å²) in [6.07, 6.45) is 13.0. The number of carbonyl (C=O) groups excluding carboxylic acids is 2. The van der Waals surface area contributed by atoms with Crippen LogP contribution in [0.25, 0.3) is 0 Å². The van der Waals surface area contributed by atoms with E-state index >= 15 is 0 Å². The van der Waals surface area contributed by atoms with Crippen molar-refractivity contribution in [2.24, 2.45) is 4.99 Å². The van der Waals surface area contributed by atoms with Gasteiger partial charge in [-0.2, -0.15) is 0 Å². The van der Waals surface area contributed by atoms with Crippen LogP contribution in [0, 0.1) is 0 Å². The zero-order chi connectivity index (χ0) is 31.8. The molecule has 0 bridgehead atoms. The summed E-state index contributed by atoms with van der Waals surface area (Å²) in [5.74, 6) is -2.10. The molecule has 0 radical (unpaired) electrons. The number of amides is 1. The maximum atomic E-state index is 11.7. The summed E-state index contributed by atoms with van der Waals surface area (Å²) >= 11 is 0. The monoisotopic (exact) mass is 642 g/mol. The number of rotatable bonds is 28. The molecule has 0 aromatic rings. The van der Waals surface area contributed by atoms with Gasteiger partial charge < -0.3 is 35.6 Å². The molecule has 12 nitrogen and oxygen atoms in total. The summed E-state index contributed by atoms with van der Waals surface area (Å²) in [6.45, 7) is 6.72. The van der Waals surface area contributed by atoms with Crippen molar-refractivity contribution in [2.75, 3.05) is 52.7 Å². The van der Waals surface area contributed by atoms with Gasteiger partial charge in [0, 0.05) is 51.8 Å². The minimum atomic E-state index is -1.12. The van der Waals surface area contributed by atoms with Crippen molar-refractivity contribution in [3.8, 4) is 0 Å². The summed E-state index contributed by atoms with van der Waals surface area (Å²) in [5, 5.41) is 51.2. The van der Waals surface area contributed by atoms with Gasteiger partial charge in [0.1, 0.15) is 0 Å². The molecule has 43 heavy (non-hydrogen) atoms. The van der Waals surface area contributed by atoms with Crippen molar-refractivity contribution in [1.82, 2.24) is 15.1 Å². The van der Waals surface area contributed by atoms with E-state index in [2.05, 4.69) is 24.2 Å². The normalized spacial score (nSPS) is 11.2. The molecule has 0 saturated carbocycles. The Morgan fingerprint density at radius 2 is 1.19 bits per heavy atom. The fourth-order valence-corrected chi connectivity index (χ4v) is 3.93. The molecule has 0 unspecified atom stereocenters. The summed E-state index contributed by atoms with van der Waals surface area (Å²) in [6, 6.07) is 0. The fraction of sp³-hybridized carbons (Fsp3) is 0.867. The Labute approximate surface area is 289 Å². The molecule has 0 heterocycles. The first kappa shape index (κ1) is 46.4. The van der Waals surface area contributed by atoms with Crippen LogP contribution in [0.3, 0.4) is 0 Å². The van der Waals surface area contributed by atoms with E-state index < -0.39 is 11.9 Å². The van der Waals surface area contributed by atoms with Gasteiger partial charge in [-0.25, -0.2) is 0 Å². The summed E-state index contributed by atoms with van der Waals surface area (Å²) in [5.41, 5.74) is 0. The zero-order valence-electron chi connectivity index (χ0n) is 26.9. The number of carboxylic acids is 2. The van der Waals surface area contributed by atoms with E-state index in [1.165, 1.54) is 32.1 Å². The Kier molecular flexibility index (Phi) is 38.3. The summed E-state index contributed by atoms with van der Waals surface area (Å²) < 4.78 is 0. The number of aliphatic imine (C=N–C) groups is 1. The van der Waals surface area contributed by atoms with E-state index in [9.17, 15) is 24.6 Å². The number of carbonyl (C=O) groups is 3. The molecular formula is C30H58CaN4O8. The maximum Gasteiger partial charge on any atom is 2.00 e. The van der Waals surface area contributed by atoms with Crippen LogP contribution in [0.15, 0.2) is 4.99 Å². The van der Waals surface area contributed by atoms with Crippen LogP contribution in [0.2, 0.25) is 0 Å². The molecule has 0 rings (SSSR count). The second-order valence-electron chi connectivity index (χ2n) is 10.4. The Morgan fingerprint density at radius 3 is 1.70 bits per heavy atom. The molecule has 0 saturated heterocycles. The average Bonchev–Trinajstić information content (AvgIpc) is 2.96. The number of aliphatic carboxylic acids is 2. The molecule has 1 amide bonds. The van der Waals surface area contributed by atoms with E-state index in [1.54, 1.807) is 4.90 Å². The molecule has 0 aliphatic heterocycles. The van der Waals surface area contributed by atoms with Gasteiger partial charge in [-0.3, -0.25) is 24.4 Å². The Hall–Kier alpha value is -1.02. The van der Waals surface area contributed by atoms with Crippen LogP contribution in [-0.4, -0.2) is 139 Å². The third-order valence-corrected chi connectivity index (χ3v) is 6.49. The maximum absolute atomic E-state index is 11.7. The van der Waals surface area contributed by atoms with E-state index in [0.717, 1.165) is 32.1 Å². The number of nitrogens with one attached hydrogen (secondary N) is 1. The van der Waals surface area contributed by atoms with E-state index in [0.29, 0.717) is 52.0 Å². The first-order valence-electron chi connectivity index (χ1n) is 15.7. The van der Waals surface area contributed by atoms with E-state index in [1.807, 2.05) is 4.90 Å². The van der Waals surface area contributed by atoms with Crippen molar-refractivity contribution in [3.05, 3.63) is 0 Å². The first-order valence-corrected chi connectivity index (χ1v) is 15.7. The second-order valence-corrected chi connectivity index (χ2v) is 10.4. The molecular weight excluding hydrogens is 584 g/mol. The van der Waals surface area contributed by atoms with Crippen LogP contribution >= 0.6 is 0 Å². The minimum Gasteiger partial charge on any atom is -0.862 e. The van der Waals surface area contributed by atoms with Crippen molar-refractivity contribution in [2.45, 2.75) is 117 Å². The van der Waals surface area contributed by atoms with E-state index in [4.69, 9.17) is 15.3 Å². The molecule has 4 N–H and O–H groups in total. The molecule has 0 aliphatic rings. The van der Waals surface area contributed by atoms with Crippen LogP contribution in [0.5, 0.6) is 0 Å². The van der Waals surface area contributed by atoms with Gasteiger partial charge in [-0.15, -0.1) is 0 Å². The van der Waals surface area contributed by atoms with Crippen molar-refractivity contribution >= 4 is 61.5 Å². The molecule has 0 aromatic carbocycles. The largest absolute Gasteiger partial charge is 2.00 e. The number of unbranched alkanes of at least 4 members (excludes halogenated alkanes) is 8. The van der Waals surface area contributed by atoms with Gasteiger partial charge >= 0.3 is 43.7 Å². The van der Waals surface area contributed by atoms with Gasteiger partial charge in [0.15, 0.2) is 0 Å². The number of hydrogen-bond donors (Lipinski definition) is 4. The summed E-state index contributed by atoms with van der Waals surface area (Å²) in [7, 11) is 0. The number of hydrogen-bond acceptors (Lipinski definition) is 10. The standard InChI is InChI=1S/2C15H30N2O4.Ca/c2*1-2-3-4-5-6-8-14(19)16-13-17(10-7-12-18)11-9-15(20)21;/h2*18H,2-13H2,1H3,(H,16,19)(H,20,21);/q;;+2/p-2. The van der Waals surface area contributed by atoms with Crippen LogP contribution in [0.4, 0.5) is 0 Å². The van der Waals surface area contributed by atoms with Gasteiger partial charge in [0.25, 0.3) is 0 Å². The molecule has 248 valence electrons. The van der Waals surface area contributed by atoms with E-state index in [-0.39, 0.29) is 88.8 Å². The Bertz CT molecular complexity index is 701. The van der Waals surface area contributed by atoms with Gasteiger partial charge in [0.2, 0.25) is 5.91 Å². The topological polar surface area (TPSA) is 189 Å². The predicted molar refractivity (Wildman–Crippen MR) is 166 cm³/mol. The number of carboxylic acid groups (broad SMARTS) is 2. The predicted octanol–water partition coefficient (Wildman–Crippen LogP) is 1.09. The molecule has 13 heteroatoms. The molecule has 0 spiro atoms. The third-order valence-electron chi connectivity index (χ3n) is 6.49. The smallest absolute Gasteiger partial charge is 0.862 e. The number of aliphatic hydroxyl groups excluding tert-OH is 2. The number of aliphatic hydroxyl groups is 2. The van der Waals surface area contributed by atoms with Crippen LogP contribution in [-0.2, 0) is 14.4 Å². The van der Waals surface area contributed by atoms with Gasteiger partial charge in [-0.1, -0.05) is 65.2 Å². The SMILES string of the molecule is CCCCCCCC(=O)NCN(CCCO)CCC(=O)O.CCCCCCCC([O-])=NCN(CCCO)CCC(=O)[O-].[Ca+2]. The van der Waals surface area contributed by atoms with Gasteiger partial charge in [0.05, 0.1) is 19.8 Å². The van der Waals surface area contributed by atoms with Crippen molar-refractivity contribution in [1.29, 1.82) is 0 Å². The van der Waals surface area contributed by atoms with Crippen LogP contribution in [0.1, 0.15) is 117 Å². The van der Waals surface area contributed by atoms with Crippen molar-refractivity contribution < 1.29 is 39.9 Å². The molecule has 0 aromatic heterocycles. The fourth-order valence-electron chi connectivity index (χ4n) is 3.93. The zero-order valence-corrected chi connectivity index (χ0v) is 29.1. The first-order chi connectivity index (χ1) is 20.2. The van der Waals surface area contributed by atoms with Gasteiger partial charge in [-0.05, 0) is 44.4 Å². The van der Waals surface area contributed by atoms with Crippen LogP contribution < -0.4 is 15.5 Å². The second kappa shape index (κ2) is 35.5. The average molecular weight is 643 g/mol. The molecule has 0 atom stereocenters. The summed E-state index contributed by atoms with van der Waals surface area (Å²) in [4.78, 5) is 40.3. The third kappa shape index (κ3) is 37.1. The quantitative estimate of drug-likeness (QED) is 0.0316. The minimum absolute atomic E-state index is 0.